The first kappa shape index (κ1) is 15.7. The van der Waals surface area contributed by atoms with Gasteiger partial charge in [-0.05, 0) is 24.0 Å². The van der Waals surface area contributed by atoms with Gasteiger partial charge in [0.15, 0.2) is 0 Å². The van der Waals surface area contributed by atoms with Gasteiger partial charge in [-0.2, -0.15) is 0 Å². The summed E-state index contributed by atoms with van der Waals surface area (Å²) in [7, 11) is 0. The number of fused-ring (bicyclic) bond motifs is 1. The normalized spacial score (nSPS) is 17.4. The Morgan fingerprint density at radius 3 is 2.91 bits per heavy atom. The average molecular weight is 316 g/mol. The first-order valence-corrected chi connectivity index (χ1v) is 8.88. The quantitative estimate of drug-likeness (QED) is 0.882. The number of aliphatic hydroxyl groups excluding tert-OH is 1. The van der Waals surface area contributed by atoms with Gasteiger partial charge in [0.1, 0.15) is 0 Å². The van der Waals surface area contributed by atoms with Crippen LogP contribution in [0.2, 0.25) is 0 Å². The van der Waals surface area contributed by atoms with Crippen molar-refractivity contribution in [2.24, 2.45) is 0 Å². The molecule has 118 valence electrons. The van der Waals surface area contributed by atoms with Gasteiger partial charge in [-0.1, -0.05) is 38.1 Å². The summed E-state index contributed by atoms with van der Waals surface area (Å²) in [5.74, 6) is 0.484. The van der Waals surface area contributed by atoms with E-state index >= 15 is 0 Å². The lowest BCUT2D eigenvalue weighted by atomic mass is 10.1. The van der Waals surface area contributed by atoms with E-state index in [0.717, 1.165) is 19.4 Å². The first-order chi connectivity index (χ1) is 10.7. The number of aromatic nitrogens is 1. The molecule has 0 aliphatic heterocycles. The number of rotatable bonds is 6. The zero-order chi connectivity index (χ0) is 15.5. The van der Waals surface area contributed by atoms with E-state index in [-0.39, 0.29) is 6.61 Å². The molecule has 0 radical (unpaired) electrons. The van der Waals surface area contributed by atoms with Gasteiger partial charge in [0, 0.05) is 36.1 Å². The number of thiazole rings is 1. The van der Waals surface area contributed by atoms with Gasteiger partial charge in [-0.3, -0.25) is 4.90 Å². The zero-order valence-corrected chi connectivity index (χ0v) is 14.1. The van der Waals surface area contributed by atoms with Crippen LogP contribution in [0, 0.1) is 0 Å². The van der Waals surface area contributed by atoms with Gasteiger partial charge in [0.2, 0.25) is 0 Å². The molecule has 0 saturated heterocycles. The minimum absolute atomic E-state index is 0.203. The standard InChI is InChI=1S/C18H24N2OS/c1-13(2)18-19-11-15(22-18)12-20(9-10-21)17-8-7-14-5-3-4-6-16(14)17/h3-6,11,13,17,21H,7-10,12H2,1-2H3. The lowest BCUT2D eigenvalue weighted by Gasteiger charge is -2.28. The second-order valence-corrected chi connectivity index (χ2v) is 7.41. The Morgan fingerprint density at radius 2 is 2.18 bits per heavy atom. The Hall–Kier alpha value is -1.23. The topological polar surface area (TPSA) is 36.4 Å². The predicted molar refractivity (Wildman–Crippen MR) is 91.2 cm³/mol. The van der Waals surface area contributed by atoms with E-state index in [1.165, 1.54) is 21.0 Å². The molecule has 1 atom stereocenters. The van der Waals surface area contributed by atoms with E-state index in [9.17, 15) is 5.11 Å². The van der Waals surface area contributed by atoms with Gasteiger partial charge in [-0.25, -0.2) is 4.98 Å². The summed E-state index contributed by atoms with van der Waals surface area (Å²) in [6.07, 6.45) is 4.29. The Labute approximate surface area is 136 Å². The molecule has 1 aromatic carbocycles. The number of hydrogen-bond donors (Lipinski definition) is 1. The van der Waals surface area contributed by atoms with Crippen molar-refractivity contribution in [3.05, 3.63) is 51.5 Å². The van der Waals surface area contributed by atoms with Crippen molar-refractivity contribution in [2.75, 3.05) is 13.2 Å². The lowest BCUT2D eigenvalue weighted by molar-refractivity contribution is 0.144. The lowest BCUT2D eigenvalue weighted by Crippen LogP contribution is -2.29. The van der Waals surface area contributed by atoms with Crippen molar-refractivity contribution in [1.82, 2.24) is 9.88 Å². The third kappa shape index (κ3) is 3.24. The highest BCUT2D eigenvalue weighted by atomic mass is 32.1. The monoisotopic (exact) mass is 316 g/mol. The molecular weight excluding hydrogens is 292 g/mol. The van der Waals surface area contributed by atoms with Crippen LogP contribution in [0.25, 0.3) is 0 Å². The van der Waals surface area contributed by atoms with Crippen LogP contribution < -0.4 is 0 Å². The van der Waals surface area contributed by atoms with E-state index in [4.69, 9.17) is 0 Å². The summed E-state index contributed by atoms with van der Waals surface area (Å²) in [5.41, 5.74) is 2.90. The van der Waals surface area contributed by atoms with E-state index in [0.29, 0.717) is 18.5 Å². The number of aliphatic hydroxyl groups is 1. The maximum Gasteiger partial charge on any atom is 0.0953 e. The summed E-state index contributed by atoms with van der Waals surface area (Å²) < 4.78 is 0. The molecule has 1 N–H and O–H groups in total. The Bertz CT molecular complexity index is 623. The second-order valence-electron chi connectivity index (χ2n) is 6.27. The second kappa shape index (κ2) is 6.90. The molecule has 0 bridgehead atoms. The van der Waals surface area contributed by atoms with Crippen molar-refractivity contribution >= 4 is 11.3 Å². The Morgan fingerprint density at radius 1 is 1.36 bits per heavy atom. The number of nitrogens with zero attached hydrogens (tertiary/aromatic N) is 2. The van der Waals surface area contributed by atoms with Crippen molar-refractivity contribution in [2.45, 2.75) is 45.2 Å². The number of aryl methyl sites for hydroxylation is 1. The Kier molecular flexibility index (Phi) is 4.91. The van der Waals surface area contributed by atoms with Crippen LogP contribution in [0.5, 0.6) is 0 Å². The molecule has 2 aromatic rings. The van der Waals surface area contributed by atoms with Crippen LogP contribution >= 0.6 is 11.3 Å². The first-order valence-electron chi connectivity index (χ1n) is 8.06. The van der Waals surface area contributed by atoms with Crippen molar-refractivity contribution in [3.63, 3.8) is 0 Å². The molecular formula is C18H24N2OS. The van der Waals surface area contributed by atoms with E-state index in [2.05, 4.69) is 48.0 Å². The predicted octanol–water partition coefficient (Wildman–Crippen LogP) is 3.75. The van der Waals surface area contributed by atoms with Crippen LogP contribution in [0.15, 0.2) is 30.5 Å². The third-order valence-corrected chi connectivity index (χ3v) is 5.64. The maximum atomic E-state index is 9.46. The van der Waals surface area contributed by atoms with E-state index in [1.807, 2.05) is 6.20 Å². The minimum atomic E-state index is 0.203. The van der Waals surface area contributed by atoms with Crippen molar-refractivity contribution in [1.29, 1.82) is 0 Å². The fourth-order valence-corrected chi connectivity index (χ4v) is 4.20. The smallest absolute Gasteiger partial charge is 0.0953 e. The van der Waals surface area contributed by atoms with Gasteiger partial charge in [0.25, 0.3) is 0 Å². The van der Waals surface area contributed by atoms with E-state index < -0.39 is 0 Å². The van der Waals surface area contributed by atoms with Crippen LogP contribution in [-0.4, -0.2) is 28.1 Å². The molecule has 1 unspecified atom stereocenters. The van der Waals surface area contributed by atoms with Gasteiger partial charge in [0.05, 0.1) is 11.6 Å². The van der Waals surface area contributed by atoms with Crippen molar-refractivity contribution in [3.8, 4) is 0 Å². The largest absolute Gasteiger partial charge is 0.395 e. The molecule has 0 amide bonds. The number of hydrogen-bond acceptors (Lipinski definition) is 4. The molecule has 4 heteroatoms. The minimum Gasteiger partial charge on any atom is -0.395 e. The fourth-order valence-electron chi connectivity index (χ4n) is 3.25. The van der Waals surface area contributed by atoms with Gasteiger partial charge < -0.3 is 5.11 Å². The summed E-state index contributed by atoms with van der Waals surface area (Å²) in [6, 6.07) is 9.14. The molecule has 1 aliphatic rings. The third-order valence-electron chi connectivity index (χ3n) is 4.35. The van der Waals surface area contributed by atoms with Crippen LogP contribution in [0.3, 0.4) is 0 Å². The van der Waals surface area contributed by atoms with Crippen LogP contribution in [0.4, 0.5) is 0 Å². The SMILES string of the molecule is CC(C)c1ncc(CN(CCO)C2CCc3ccccc32)s1. The summed E-state index contributed by atoms with van der Waals surface area (Å²) in [5, 5.41) is 10.7. The summed E-state index contributed by atoms with van der Waals surface area (Å²) in [4.78, 5) is 8.23. The zero-order valence-electron chi connectivity index (χ0n) is 13.3. The molecule has 1 heterocycles. The molecule has 0 spiro atoms. The molecule has 0 saturated carbocycles. The molecule has 3 rings (SSSR count). The highest BCUT2D eigenvalue weighted by Crippen LogP contribution is 2.36. The Balaban J connectivity index is 1.78. The molecule has 22 heavy (non-hydrogen) atoms. The van der Waals surface area contributed by atoms with Crippen molar-refractivity contribution < 1.29 is 5.11 Å². The highest BCUT2D eigenvalue weighted by Gasteiger charge is 2.27. The average Bonchev–Trinajstić information content (AvgIpc) is 3.13. The molecule has 0 fully saturated rings. The van der Waals surface area contributed by atoms with Crippen LogP contribution in [0.1, 0.15) is 53.2 Å². The fraction of sp³-hybridized carbons (Fsp3) is 0.500. The summed E-state index contributed by atoms with van der Waals surface area (Å²) in [6.45, 7) is 6.16. The molecule has 3 nitrogen and oxygen atoms in total. The van der Waals surface area contributed by atoms with Crippen LogP contribution in [-0.2, 0) is 13.0 Å². The molecule has 1 aliphatic carbocycles. The molecule has 1 aromatic heterocycles. The van der Waals surface area contributed by atoms with Gasteiger partial charge >= 0.3 is 0 Å². The number of benzene rings is 1. The van der Waals surface area contributed by atoms with E-state index in [1.54, 1.807) is 11.3 Å². The maximum absolute atomic E-state index is 9.46. The van der Waals surface area contributed by atoms with Gasteiger partial charge in [-0.15, -0.1) is 11.3 Å². The highest BCUT2D eigenvalue weighted by molar-refractivity contribution is 7.11. The summed E-state index contributed by atoms with van der Waals surface area (Å²) >= 11 is 1.80.